The maximum Gasteiger partial charge on any atom is 0.230 e. The van der Waals surface area contributed by atoms with Crippen molar-refractivity contribution in [1.29, 1.82) is 0 Å². The number of carbonyl (C=O) groups is 1. The summed E-state index contributed by atoms with van der Waals surface area (Å²) in [6.45, 7) is 1.83. The summed E-state index contributed by atoms with van der Waals surface area (Å²) in [6, 6.07) is 1.56. The number of ketones is 1. The maximum absolute atomic E-state index is 13.3. The number of Topliss-reactive ketones (excluding diaryl/α,β-unsaturated/α-hetero) is 1. The van der Waals surface area contributed by atoms with Crippen molar-refractivity contribution in [3.05, 3.63) is 28.5 Å². The van der Waals surface area contributed by atoms with Crippen LogP contribution in [-0.2, 0) is 4.74 Å². The van der Waals surface area contributed by atoms with Gasteiger partial charge in [0.1, 0.15) is 27.8 Å². The van der Waals surface area contributed by atoms with E-state index in [-0.39, 0.29) is 33.8 Å². The van der Waals surface area contributed by atoms with E-state index in [1.54, 1.807) is 6.07 Å². The van der Waals surface area contributed by atoms with Gasteiger partial charge in [-0.15, -0.1) is 0 Å². The van der Waals surface area contributed by atoms with Gasteiger partial charge in [-0.3, -0.25) is 4.79 Å². The normalized spacial score (nSPS) is 28.2. The van der Waals surface area contributed by atoms with E-state index in [1.807, 2.05) is 6.92 Å². The summed E-state index contributed by atoms with van der Waals surface area (Å²) in [4.78, 5) is 13.3. The number of rotatable bonds is 3. The molecule has 1 aromatic rings. The van der Waals surface area contributed by atoms with E-state index in [2.05, 4.69) is 0 Å². The Bertz CT molecular complexity index is 728. The van der Waals surface area contributed by atoms with Gasteiger partial charge in [-0.05, 0) is 12.5 Å². The number of fused-ring (bicyclic) bond motifs is 1. The predicted molar refractivity (Wildman–Crippen MR) is 87.1 cm³/mol. The number of hydrogen-bond acceptors (Lipinski definition) is 6. The molecule has 1 N–H and O–H groups in total. The Labute approximate surface area is 144 Å². The van der Waals surface area contributed by atoms with Crippen molar-refractivity contribution in [3.8, 4) is 17.2 Å². The number of methoxy groups -OCH3 is 3. The minimum atomic E-state index is -1.36. The van der Waals surface area contributed by atoms with Gasteiger partial charge in [0.05, 0.1) is 27.4 Å². The predicted octanol–water partition coefficient (Wildman–Crippen LogP) is 2.60. The molecule has 0 saturated carbocycles. The lowest BCUT2D eigenvalue weighted by Crippen LogP contribution is -2.52. The Kier molecular flexibility index (Phi) is 4.13. The van der Waals surface area contributed by atoms with Crippen molar-refractivity contribution in [1.82, 2.24) is 0 Å². The van der Waals surface area contributed by atoms with Gasteiger partial charge in [0.15, 0.2) is 5.75 Å². The largest absolute Gasteiger partial charge is 0.497 e. The van der Waals surface area contributed by atoms with E-state index in [1.165, 1.54) is 27.4 Å². The van der Waals surface area contributed by atoms with Gasteiger partial charge in [-0.25, -0.2) is 0 Å². The first kappa shape index (κ1) is 16.9. The molecule has 2 aliphatic rings. The van der Waals surface area contributed by atoms with Gasteiger partial charge in [-0.2, -0.15) is 0 Å². The van der Waals surface area contributed by atoms with Crippen molar-refractivity contribution in [3.63, 3.8) is 0 Å². The fourth-order valence-corrected chi connectivity index (χ4v) is 3.71. The number of ether oxygens (including phenoxy) is 4. The van der Waals surface area contributed by atoms with Gasteiger partial charge in [0.25, 0.3) is 0 Å². The second-order valence-corrected chi connectivity index (χ2v) is 6.28. The maximum atomic E-state index is 13.3. The number of aliphatic hydroxyl groups is 1. The third-order valence-electron chi connectivity index (χ3n) is 4.64. The van der Waals surface area contributed by atoms with Crippen LogP contribution in [0.3, 0.4) is 0 Å². The quantitative estimate of drug-likeness (QED) is 0.899. The van der Waals surface area contributed by atoms with Crippen LogP contribution in [0.15, 0.2) is 17.9 Å². The number of benzene rings is 1. The van der Waals surface area contributed by atoms with Crippen LogP contribution in [0.1, 0.15) is 23.7 Å². The first-order valence-electron chi connectivity index (χ1n) is 7.53. The number of hydrogen-bond donors (Lipinski definition) is 1. The molecule has 1 aromatic carbocycles. The first-order valence-corrected chi connectivity index (χ1v) is 7.91. The first-order chi connectivity index (χ1) is 11.4. The summed E-state index contributed by atoms with van der Waals surface area (Å²) < 4.78 is 22.0. The smallest absolute Gasteiger partial charge is 0.230 e. The van der Waals surface area contributed by atoms with Crippen molar-refractivity contribution in [2.75, 3.05) is 21.3 Å². The average molecular weight is 355 g/mol. The minimum Gasteiger partial charge on any atom is -0.497 e. The summed E-state index contributed by atoms with van der Waals surface area (Å²) in [5.41, 5.74) is -1.10. The molecular weight excluding hydrogens is 336 g/mol. The SMILES string of the molecule is COC1=CC(O)CC(C)C12Oc1c(Cl)c(OC)cc(OC)c1C2=O. The van der Waals surface area contributed by atoms with E-state index in [0.29, 0.717) is 17.9 Å². The van der Waals surface area contributed by atoms with Crippen LogP contribution in [0.2, 0.25) is 5.02 Å². The summed E-state index contributed by atoms with van der Waals surface area (Å²) in [5, 5.41) is 10.2. The van der Waals surface area contributed by atoms with Crippen molar-refractivity contribution in [2.45, 2.75) is 25.0 Å². The highest BCUT2D eigenvalue weighted by Gasteiger charge is 2.59. The zero-order chi connectivity index (χ0) is 17.6. The molecule has 1 aliphatic heterocycles. The topological polar surface area (TPSA) is 74.2 Å². The standard InChI is InChI=1S/C17H19ClO6/c1-8-5-9(19)6-12(23-4)17(8)16(20)13-10(21-2)7-11(22-3)14(18)15(13)24-17/h6-9,19H,5H2,1-4H3. The molecule has 1 spiro atoms. The molecule has 0 bridgehead atoms. The van der Waals surface area contributed by atoms with Gasteiger partial charge >= 0.3 is 0 Å². The van der Waals surface area contributed by atoms with Crippen LogP contribution in [0.25, 0.3) is 0 Å². The van der Waals surface area contributed by atoms with Gasteiger partial charge in [0, 0.05) is 12.0 Å². The highest BCUT2D eigenvalue weighted by atomic mass is 35.5. The third-order valence-corrected chi connectivity index (χ3v) is 5.00. The molecule has 7 heteroatoms. The third kappa shape index (κ3) is 2.09. The zero-order valence-corrected chi connectivity index (χ0v) is 14.6. The molecule has 1 heterocycles. The monoisotopic (exact) mass is 354 g/mol. The van der Waals surface area contributed by atoms with E-state index in [0.717, 1.165) is 0 Å². The number of aliphatic hydroxyl groups excluding tert-OH is 1. The van der Waals surface area contributed by atoms with Crippen LogP contribution in [0, 0.1) is 5.92 Å². The Hall–Kier alpha value is -1.92. The molecule has 0 radical (unpaired) electrons. The molecule has 1 aliphatic carbocycles. The molecule has 6 nitrogen and oxygen atoms in total. The van der Waals surface area contributed by atoms with Crippen molar-refractivity contribution < 1.29 is 28.8 Å². The zero-order valence-electron chi connectivity index (χ0n) is 13.9. The van der Waals surface area contributed by atoms with Crippen LogP contribution in [0.4, 0.5) is 0 Å². The van der Waals surface area contributed by atoms with E-state index < -0.39 is 11.7 Å². The molecule has 0 fully saturated rings. The fourth-order valence-electron chi connectivity index (χ4n) is 3.45. The van der Waals surface area contributed by atoms with Crippen LogP contribution in [-0.4, -0.2) is 43.9 Å². The van der Waals surface area contributed by atoms with E-state index in [4.69, 9.17) is 30.5 Å². The Morgan fingerprint density at radius 1 is 1.25 bits per heavy atom. The lowest BCUT2D eigenvalue weighted by molar-refractivity contribution is -0.00265. The second-order valence-electron chi connectivity index (χ2n) is 5.91. The Morgan fingerprint density at radius 2 is 1.92 bits per heavy atom. The van der Waals surface area contributed by atoms with Crippen LogP contribution >= 0.6 is 11.6 Å². The highest BCUT2D eigenvalue weighted by molar-refractivity contribution is 6.35. The van der Waals surface area contributed by atoms with Crippen LogP contribution < -0.4 is 14.2 Å². The Morgan fingerprint density at radius 3 is 2.50 bits per heavy atom. The molecule has 0 saturated heterocycles. The van der Waals surface area contributed by atoms with E-state index >= 15 is 0 Å². The van der Waals surface area contributed by atoms with Crippen LogP contribution in [0.5, 0.6) is 17.2 Å². The van der Waals surface area contributed by atoms with Gasteiger partial charge in [-0.1, -0.05) is 18.5 Å². The lowest BCUT2D eigenvalue weighted by Gasteiger charge is -2.38. The molecule has 3 rings (SSSR count). The summed E-state index contributed by atoms with van der Waals surface area (Å²) in [6.07, 6.45) is 1.16. The molecule has 0 aromatic heterocycles. The molecular formula is C17H19ClO6. The Balaban J connectivity index is 2.24. The highest BCUT2D eigenvalue weighted by Crippen LogP contribution is 2.54. The van der Waals surface area contributed by atoms with Crippen molar-refractivity contribution >= 4 is 17.4 Å². The molecule has 0 amide bonds. The fraction of sp³-hybridized carbons (Fsp3) is 0.471. The molecule has 24 heavy (non-hydrogen) atoms. The molecule has 3 unspecified atom stereocenters. The second kappa shape index (κ2) is 5.86. The summed E-state index contributed by atoms with van der Waals surface area (Å²) in [5.74, 6) is 0.534. The number of carbonyl (C=O) groups excluding carboxylic acids is 1. The summed E-state index contributed by atoms with van der Waals surface area (Å²) >= 11 is 6.35. The van der Waals surface area contributed by atoms with E-state index in [9.17, 15) is 9.90 Å². The van der Waals surface area contributed by atoms with Crippen molar-refractivity contribution in [2.24, 2.45) is 5.92 Å². The molecule has 130 valence electrons. The van der Waals surface area contributed by atoms with Gasteiger partial charge in [0.2, 0.25) is 11.4 Å². The lowest BCUT2D eigenvalue weighted by atomic mass is 9.75. The minimum absolute atomic E-state index is 0.201. The average Bonchev–Trinajstić information content (AvgIpc) is 2.87. The van der Waals surface area contributed by atoms with Gasteiger partial charge < -0.3 is 24.1 Å². The molecule has 3 atom stereocenters. The number of halogens is 1. The summed E-state index contributed by atoms with van der Waals surface area (Å²) in [7, 11) is 4.37.